The Morgan fingerprint density at radius 2 is 1.21 bits per heavy atom. The predicted octanol–water partition coefficient (Wildman–Crippen LogP) is 5.12. The number of carbonyl (C=O) groups is 2. The van der Waals surface area contributed by atoms with Gasteiger partial charge in [0.05, 0.1) is 12.3 Å². The van der Waals surface area contributed by atoms with Crippen molar-refractivity contribution >= 4 is 11.9 Å². The molecule has 0 saturated heterocycles. The minimum Gasteiger partial charge on any atom is -0.301 e. The van der Waals surface area contributed by atoms with Gasteiger partial charge in [-0.2, -0.15) is 10.5 Å². The van der Waals surface area contributed by atoms with Crippen LogP contribution in [-0.2, 0) is 19.4 Å². The molecule has 0 amide bonds. The van der Waals surface area contributed by atoms with Gasteiger partial charge in [0.2, 0.25) is 0 Å². The summed E-state index contributed by atoms with van der Waals surface area (Å²) in [5.41, 5.74) is 0. The minimum atomic E-state index is -0.899. The Balaban J connectivity index is 3.54. The topological polar surface area (TPSA) is 93.1 Å². The molecule has 0 bridgehead atoms. The van der Waals surface area contributed by atoms with Crippen molar-refractivity contribution in [3.8, 4) is 0 Å². The standard InChI is InChI=1S/C18H34O6/c1-2-3-4-5-6-7-8-9-10-11-12-13-14-16(18(20)24-22)15-17(19)23-21/h16,21-22H,2-15H2,1H3. The molecule has 0 saturated carbocycles. The first-order chi connectivity index (χ1) is 11.7. The van der Waals surface area contributed by atoms with Crippen molar-refractivity contribution in [1.29, 1.82) is 0 Å². The zero-order valence-corrected chi connectivity index (χ0v) is 15.0. The van der Waals surface area contributed by atoms with Crippen LogP contribution < -0.4 is 0 Å². The first-order valence-corrected chi connectivity index (χ1v) is 9.35. The van der Waals surface area contributed by atoms with E-state index in [1.54, 1.807) is 0 Å². The van der Waals surface area contributed by atoms with E-state index in [-0.39, 0.29) is 6.42 Å². The molecule has 0 rings (SSSR count). The molecule has 0 aromatic heterocycles. The van der Waals surface area contributed by atoms with Gasteiger partial charge in [-0.25, -0.2) is 9.59 Å². The SMILES string of the molecule is CCCCCCCCCCCCCCC(CC(=O)OO)C(=O)OO. The first-order valence-electron chi connectivity index (χ1n) is 9.35. The second-order valence-corrected chi connectivity index (χ2v) is 6.45. The van der Waals surface area contributed by atoms with Crippen molar-refractivity contribution in [3.05, 3.63) is 0 Å². The van der Waals surface area contributed by atoms with Crippen molar-refractivity contribution in [3.63, 3.8) is 0 Å². The van der Waals surface area contributed by atoms with Crippen LogP contribution >= 0.6 is 0 Å². The van der Waals surface area contributed by atoms with Gasteiger partial charge in [-0.15, -0.1) is 0 Å². The number of rotatable bonds is 16. The van der Waals surface area contributed by atoms with Crippen LogP contribution in [0.15, 0.2) is 0 Å². The molecule has 0 radical (unpaired) electrons. The molecule has 0 aliphatic rings. The van der Waals surface area contributed by atoms with Gasteiger partial charge < -0.3 is 9.78 Å². The third kappa shape index (κ3) is 13.3. The Labute approximate surface area is 145 Å². The third-order valence-electron chi connectivity index (χ3n) is 4.34. The lowest BCUT2D eigenvalue weighted by atomic mass is 9.97. The van der Waals surface area contributed by atoms with E-state index in [1.807, 2.05) is 0 Å². The molecule has 2 N–H and O–H groups in total. The molecule has 6 heteroatoms. The summed E-state index contributed by atoms with van der Waals surface area (Å²) in [5.74, 6) is -2.52. The summed E-state index contributed by atoms with van der Waals surface area (Å²) in [4.78, 5) is 29.6. The van der Waals surface area contributed by atoms with E-state index in [1.165, 1.54) is 57.8 Å². The normalized spacial score (nSPS) is 12.0. The molecule has 0 fully saturated rings. The van der Waals surface area contributed by atoms with Crippen LogP contribution in [0.1, 0.15) is 96.8 Å². The van der Waals surface area contributed by atoms with Gasteiger partial charge in [-0.1, -0.05) is 84.0 Å². The van der Waals surface area contributed by atoms with E-state index in [4.69, 9.17) is 10.5 Å². The van der Waals surface area contributed by atoms with E-state index >= 15 is 0 Å². The summed E-state index contributed by atoms with van der Waals surface area (Å²) in [6.45, 7) is 2.23. The van der Waals surface area contributed by atoms with E-state index in [0.717, 1.165) is 19.3 Å². The molecule has 24 heavy (non-hydrogen) atoms. The zero-order valence-electron chi connectivity index (χ0n) is 15.0. The lowest BCUT2D eigenvalue weighted by Crippen LogP contribution is -2.20. The predicted molar refractivity (Wildman–Crippen MR) is 91.2 cm³/mol. The molecule has 0 aliphatic heterocycles. The highest BCUT2D eigenvalue weighted by atomic mass is 17.1. The molecule has 0 heterocycles. The number of carbonyl (C=O) groups excluding carboxylic acids is 2. The van der Waals surface area contributed by atoms with Crippen LogP contribution in [0.2, 0.25) is 0 Å². The first kappa shape index (κ1) is 22.9. The van der Waals surface area contributed by atoms with E-state index in [0.29, 0.717) is 6.42 Å². The molecular formula is C18H34O6. The molecule has 1 unspecified atom stereocenters. The monoisotopic (exact) mass is 346 g/mol. The Morgan fingerprint density at radius 3 is 1.62 bits per heavy atom. The van der Waals surface area contributed by atoms with Crippen molar-refractivity contribution in [2.45, 2.75) is 96.8 Å². The van der Waals surface area contributed by atoms with Gasteiger partial charge in [-0.05, 0) is 6.42 Å². The number of unbranched alkanes of at least 4 members (excludes halogenated alkanes) is 11. The highest BCUT2D eigenvalue weighted by Gasteiger charge is 2.24. The summed E-state index contributed by atoms with van der Waals surface area (Å²) in [6, 6.07) is 0. The summed E-state index contributed by atoms with van der Waals surface area (Å²) in [7, 11) is 0. The molecule has 0 aromatic carbocycles. The number of hydrogen-bond donors (Lipinski definition) is 2. The average molecular weight is 346 g/mol. The Morgan fingerprint density at radius 1 is 0.750 bits per heavy atom. The average Bonchev–Trinajstić information content (AvgIpc) is 2.60. The Bertz CT molecular complexity index is 319. The fraction of sp³-hybridized carbons (Fsp3) is 0.889. The van der Waals surface area contributed by atoms with Crippen molar-refractivity contribution in [2.75, 3.05) is 0 Å². The van der Waals surface area contributed by atoms with Gasteiger partial charge in [0.25, 0.3) is 0 Å². The van der Waals surface area contributed by atoms with Crippen LogP contribution in [0.4, 0.5) is 0 Å². The quantitative estimate of drug-likeness (QED) is 0.229. The van der Waals surface area contributed by atoms with Crippen LogP contribution in [0.25, 0.3) is 0 Å². The maximum absolute atomic E-state index is 11.3. The van der Waals surface area contributed by atoms with Crippen molar-refractivity contribution in [1.82, 2.24) is 0 Å². The molecular weight excluding hydrogens is 312 g/mol. The summed E-state index contributed by atoms with van der Waals surface area (Å²) < 4.78 is 0. The highest BCUT2D eigenvalue weighted by Crippen LogP contribution is 2.18. The third-order valence-corrected chi connectivity index (χ3v) is 4.34. The maximum atomic E-state index is 11.3. The van der Waals surface area contributed by atoms with Gasteiger partial charge in [0.1, 0.15) is 0 Å². The van der Waals surface area contributed by atoms with Gasteiger partial charge in [-0.3, -0.25) is 0 Å². The van der Waals surface area contributed by atoms with Crippen LogP contribution in [0.3, 0.4) is 0 Å². The zero-order chi connectivity index (χ0) is 18.0. The highest BCUT2D eigenvalue weighted by molar-refractivity contribution is 5.79. The van der Waals surface area contributed by atoms with E-state index in [2.05, 4.69) is 16.7 Å². The molecule has 6 nitrogen and oxygen atoms in total. The van der Waals surface area contributed by atoms with Crippen LogP contribution in [0, 0.1) is 5.92 Å². The fourth-order valence-electron chi connectivity index (χ4n) is 2.85. The van der Waals surface area contributed by atoms with Gasteiger partial charge >= 0.3 is 11.9 Å². The van der Waals surface area contributed by atoms with Crippen LogP contribution in [0.5, 0.6) is 0 Å². The van der Waals surface area contributed by atoms with Gasteiger partial charge in [0, 0.05) is 0 Å². The van der Waals surface area contributed by atoms with Gasteiger partial charge in [0.15, 0.2) is 0 Å². The second-order valence-electron chi connectivity index (χ2n) is 6.45. The molecule has 0 aromatic rings. The molecule has 142 valence electrons. The fourth-order valence-corrected chi connectivity index (χ4v) is 2.85. The Hall–Kier alpha value is -1.14. The van der Waals surface area contributed by atoms with Crippen molar-refractivity contribution in [2.24, 2.45) is 5.92 Å². The summed E-state index contributed by atoms with van der Waals surface area (Å²) in [6.07, 6.45) is 14.7. The smallest absolute Gasteiger partial charge is 0.301 e. The van der Waals surface area contributed by atoms with Crippen molar-refractivity contribution < 1.29 is 29.9 Å². The number of hydrogen-bond acceptors (Lipinski definition) is 6. The molecule has 1 atom stereocenters. The second kappa shape index (κ2) is 16.7. The van der Waals surface area contributed by atoms with E-state index < -0.39 is 17.9 Å². The lowest BCUT2D eigenvalue weighted by Gasteiger charge is -2.11. The minimum absolute atomic E-state index is 0.284. The molecule has 0 spiro atoms. The molecule has 0 aliphatic carbocycles. The Kier molecular flexibility index (Phi) is 15.9. The lowest BCUT2D eigenvalue weighted by molar-refractivity contribution is -0.245. The largest absolute Gasteiger partial charge is 0.345 e. The maximum Gasteiger partial charge on any atom is 0.345 e. The summed E-state index contributed by atoms with van der Waals surface area (Å²) in [5, 5.41) is 16.7. The van der Waals surface area contributed by atoms with Crippen LogP contribution in [-0.4, -0.2) is 22.5 Å². The summed E-state index contributed by atoms with van der Waals surface area (Å²) >= 11 is 0. The van der Waals surface area contributed by atoms with E-state index in [9.17, 15) is 9.59 Å².